The number of amidine groups is 1. The molecule has 0 aliphatic rings. The number of aliphatic hydroxyl groups excluding tert-OH is 1. The van der Waals surface area contributed by atoms with Crippen LogP contribution in [-0.4, -0.2) is 41.3 Å². The van der Waals surface area contributed by atoms with Gasteiger partial charge in [0.2, 0.25) is 0 Å². The molecule has 1 aromatic rings. The van der Waals surface area contributed by atoms with Crippen LogP contribution < -0.4 is 10.6 Å². The van der Waals surface area contributed by atoms with Gasteiger partial charge >= 0.3 is 0 Å². The largest absolute Gasteiger partial charge is 0.409 e. The molecule has 4 N–H and O–H groups in total. The second-order valence-corrected chi connectivity index (χ2v) is 4.26. The zero-order valence-corrected chi connectivity index (χ0v) is 11.0. The number of hydrogen-bond acceptors (Lipinski definition) is 5. The number of hydrogen-bond donors (Lipinski definition) is 3. The molecule has 6 nitrogen and oxygen atoms in total. The lowest BCUT2D eigenvalue weighted by Gasteiger charge is -2.22. The molecule has 0 fully saturated rings. The van der Waals surface area contributed by atoms with E-state index >= 15 is 0 Å². The third-order valence-corrected chi connectivity index (χ3v) is 2.70. The highest BCUT2D eigenvalue weighted by molar-refractivity contribution is 6.02. The summed E-state index contributed by atoms with van der Waals surface area (Å²) in [6.45, 7) is 4.56. The molecule has 0 aromatic carbocycles. The second-order valence-electron chi connectivity index (χ2n) is 4.26. The van der Waals surface area contributed by atoms with Crippen LogP contribution in [0.2, 0.25) is 0 Å². The molecular weight excluding hydrogens is 232 g/mol. The van der Waals surface area contributed by atoms with E-state index in [9.17, 15) is 0 Å². The number of aryl methyl sites for hydroxylation is 2. The molecule has 1 heterocycles. The van der Waals surface area contributed by atoms with Gasteiger partial charge in [-0.1, -0.05) is 5.16 Å². The van der Waals surface area contributed by atoms with E-state index in [1.165, 1.54) is 0 Å². The predicted molar refractivity (Wildman–Crippen MR) is 71.2 cm³/mol. The van der Waals surface area contributed by atoms with Crippen molar-refractivity contribution in [2.45, 2.75) is 20.3 Å². The minimum absolute atomic E-state index is 0.0471. The third-order valence-electron chi connectivity index (χ3n) is 2.70. The molecule has 0 saturated heterocycles. The Labute approximate surface area is 107 Å². The molecule has 0 aliphatic carbocycles. The zero-order valence-electron chi connectivity index (χ0n) is 11.0. The molecule has 0 saturated carbocycles. The van der Waals surface area contributed by atoms with Crippen LogP contribution in [-0.2, 0) is 0 Å². The van der Waals surface area contributed by atoms with Gasteiger partial charge in [-0.3, -0.25) is 0 Å². The third kappa shape index (κ3) is 3.10. The fraction of sp³-hybridized carbons (Fsp3) is 0.500. The molecule has 18 heavy (non-hydrogen) atoms. The number of rotatable bonds is 5. The first kappa shape index (κ1) is 14.2. The van der Waals surface area contributed by atoms with Gasteiger partial charge in [0.25, 0.3) is 0 Å². The summed E-state index contributed by atoms with van der Waals surface area (Å²) in [4.78, 5) is 6.32. The van der Waals surface area contributed by atoms with Crippen LogP contribution in [0.15, 0.2) is 11.2 Å². The molecule has 0 aliphatic heterocycles. The molecular formula is C12H20N4O2. The zero-order chi connectivity index (χ0) is 13.7. The number of nitrogens with zero attached hydrogens (tertiary/aromatic N) is 3. The molecule has 1 rings (SSSR count). The normalized spacial score (nSPS) is 11.7. The average Bonchev–Trinajstić information content (AvgIpc) is 2.34. The maximum Gasteiger partial charge on any atom is 0.174 e. The lowest BCUT2D eigenvalue weighted by atomic mass is 10.1. The van der Waals surface area contributed by atoms with Crippen molar-refractivity contribution in [3.63, 3.8) is 0 Å². The summed E-state index contributed by atoms with van der Waals surface area (Å²) in [5.74, 6) is 0.710. The lowest BCUT2D eigenvalue weighted by molar-refractivity contribution is 0.290. The molecule has 1 aromatic heterocycles. The van der Waals surface area contributed by atoms with Crippen molar-refractivity contribution in [2.75, 3.05) is 25.1 Å². The van der Waals surface area contributed by atoms with Crippen LogP contribution in [0.3, 0.4) is 0 Å². The smallest absolute Gasteiger partial charge is 0.174 e. The Morgan fingerprint density at radius 2 is 2.17 bits per heavy atom. The number of aliphatic hydroxyl groups is 1. The van der Waals surface area contributed by atoms with Crippen molar-refractivity contribution in [3.8, 4) is 0 Å². The summed E-state index contributed by atoms with van der Waals surface area (Å²) < 4.78 is 0. The van der Waals surface area contributed by atoms with Crippen molar-refractivity contribution < 1.29 is 10.3 Å². The van der Waals surface area contributed by atoms with Crippen LogP contribution in [0, 0.1) is 13.8 Å². The Hall–Kier alpha value is -1.82. The molecule has 0 bridgehead atoms. The summed E-state index contributed by atoms with van der Waals surface area (Å²) in [6.07, 6.45) is 0.640. The van der Waals surface area contributed by atoms with E-state index in [-0.39, 0.29) is 12.4 Å². The first-order valence-electron chi connectivity index (χ1n) is 5.79. The first-order valence-corrected chi connectivity index (χ1v) is 5.79. The van der Waals surface area contributed by atoms with E-state index in [4.69, 9.17) is 16.0 Å². The monoisotopic (exact) mass is 252 g/mol. The van der Waals surface area contributed by atoms with Crippen LogP contribution in [0.5, 0.6) is 0 Å². The topological polar surface area (TPSA) is 95.0 Å². The van der Waals surface area contributed by atoms with Crippen molar-refractivity contribution in [2.24, 2.45) is 10.9 Å². The van der Waals surface area contributed by atoms with E-state index in [1.807, 2.05) is 31.9 Å². The van der Waals surface area contributed by atoms with E-state index in [1.54, 1.807) is 0 Å². The minimum atomic E-state index is 0.0471. The molecule has 0 atom stereocenters. The highest BCUT2D eigenvalue weighted by Gasteiger charge is 2.16. The second kappa shape index (κ2) is 6.20. The molecule has 0 spiro atoms. The summed E-state index contributed by atoms with van der Waals surface area (Å²) >= 11 is 0. The van der Waals surface area contributed by atoms with Gasteiger partial charge in [-0.15, -0.1) is 0 Å². The van der Waals surface area contributed by atoms with Crippen LogP contribution in [0.1, 0.15) is 23.2 Å². The minimum Gasteiger partial charge on any atom is -0.409 e. The Kier molecular flexibility index (Phi) is 4.91. The molecule has 6 heteroatoms. The Morgan fingerprint density at radius 1 is 1.50 bits per heavy atom. The number of pyridine rings is 1. The highest BCUT2D eigenvalue weighted by atomic mass is 16.4. The fourth-order valence-corrected chi connectivity index (χ4v) is 1.87. The molecule has 0 amide bonds. The standard InChI is InChI=1S/C12H20N4O2/c1-8-7-9(2)14-12(10(8)11(13)15-18)16(3)5-4-6-17/h7,17-18H,4-6H2,1-3H3,(H2,13,15). The van der Waals surface area contributed by atoms with Crippen molar-refractivity contribution in [3.05, 3.63) is 22.9 Å². The van der Waals surface area contributed by atoms with Crippen LogP contribution in [0.25, 0.3) is 0 Å². The number of anilines is 1. The molecule has 0 unspecified atom stereocenters. The van der Waals surface area contributed by atoms with Gasteiger partial charge in [-0.25, -0.2) is 4.98 Å². The van der Waals surface area contributed by atoms with Gasteiger partial charge in [-0.2, -0.15) is 0 Å². The Bertz CT molecular complexity index is 446. The number of aromatic nitrogens is 1. The van der Waals surface area contributed by atoms with Gasteiger partial charge in [0.15, 0.2) is 5.84 Å². The molecule has 100 valence electrons. The quantitative estimate of drug-likeness (QED) is 0.309. The van der Waals surface area contributed by atoms with Gasteiger partial charge in [0, 0.05) is 25.9 Å². The maximum absolute atomic E-state index is 8.86. The SMILES string of the molecule is Cc1cc(C)c(/C(N)=N/O)c(N(C)CCCO)n1. The van der Waals surface area contributed by atoms with E-state index in [0.29, 0.717) is 24.3 Å². The Morgan fingerprint density at radius 3 is 2.72 bits per heavy atom. The van der Waals surface area contributed by atoms with E-state index < -0.39 is 0 Å². The van der Waals surface area contributed by atoms with Gasteiger partial charge in [0.1, 0.15) is 5.82 Å². The summed E-state index contributed by atoms with van der Waals surface area (Å²) in [6, 6.07) is 1.89. The fourth-order valence-electron chi connectivity index (χ4n) is 1.87. The molecule has 0 radical (unpaired) electrons. The Balaban J connectivity index is 3.23. The van der Waals surface area contributed by atoms with Crippen molar-refractivity contribution in [1.29, 1.82) is 0 Å². The lowest BCUT2D eigenvalue weighted by Crippen LogP contribution is -2.26. The summed E-state index contributed by atoms with van der Waals surface area (Å²) in [7, 11) is 1.87. The number of oxime groups is 1. The van der Waals surface area contributed by atoms with Gasteiger partial charge in [0.05, 0.1) is 5.56 Å². The van der Waals surface area contributed by atoms with Gasteiger partial charge < -0.3 is 20.9 Å². The highest BCUT2D eigenvalue weighted by Crippen LogP contribution is 2.21. The summed E-state index contributed by atoms with van der Waals surface area (Å²) in [5, 5.41) is 20.8. The predicted octanol–water partition coefficient (Wildman–Crippen LogP) is 0.612. The van der Waals surface area contributed by atoms with Crippen LogP contribution in [0.4, 0.5) is 5.82 Å². The van der Waals surface area contributed by atoms with Crippen molar-refractivity contribution in [1.82, 2.24) is 4.98 Å². The average molecular weight is 252 g/mol. The van der Waals surface area contributed by atoms with Gasteiger partial charge in [-0.05, 0) is 31.9 Å². The van der Waals surface area contributed by atoms with E-state index in [2.05, 4.69) is 10.1 Å². The van der Waals surface area contributed by atoms with Crippen molar-refractivity contribution >= 4 is 11.7 Å². The first-order chi connectivity index (χ1) is 8.51. The van der Waals surface area contributed by atoms with E-state index in [0.717, 1.165) is 11.3 Å². The van der Waals surface area contributed by atoms with Crippen LogP contribution >= 0.6 is 0 Å². The number of nitrogens with two attached hydrogens (primary N) is 1. The summed E-state index contributed by atoms with van der Waals surface area (Å²) in [5.41, 5.74) is 8.10. The maximum atomic E-state index is 8.86.